The molecular weight excluding hydrogens is 150 g/mol. The summed E-state index contributed by atoms with van der Waals surface area (Å²) in [7, 11) is 0. The van der Waals surface area contributed by atoms with E-state index in [2.05, 4.69) is 4.99 Å². The standard InChI is InChI=1S/C10H19NO/c1-9(2,3)10(4,12)8-6-5-7-11-8/h12H,5-7H2,1-4H3/t10-/m0/s1. The van der Waals surface area contributed by atoms with E-state index in [4.69, 9.17) is 0 Å². The summed E-state index contributed by atoms with van der Waals surface area (Å²) in [5.41, 5.74) is 0.134. The van der Waals surface area contributed by atoms with Gasteiger partial charge in [-0.25, -0.2) is 0 Å². The van der Waals surface area contributed by atoms with E-state index in [-0.39, 0.29) is 5.41 Å². The molecule has 0 radical (unpaired) electrons. The molecule has 70 valence electrons. The van der Waals surface area contributed by atoms with Gasteiger partial charge >= 0.3 is 0 Å². The van der Waals surface area contributed by atoms with Gasteiger partial charge in [0.25, 0.3) is 0 Å². The van der Waals surface area contributed by atoms with Crippen molar-refractivity contribution in [2.45, 2.75) is 46.1 Å². The Morgan fingerprint density at radius 1 is 1.25 bits per heavy atom. The second-order valence-corrected chi connectivity index (χ2v) is 4.75. The normalized spacial score (nSPS) is 23.6. The van der Waals surface area contributed by atoms with E-state index in [1.807, 2.05) is 27.7 Å². The van der Waals surface area contributed by atoms with Gasteiger partial charge in [-0.05, 0) is 25.2 Å². The summed E-state index contributed by atoms with van der Waals surface area (Å²) in [6.07, 6.45) is 2.06. The summed E-state index contributed by atoms with van der Waals surface area (Å²) in [4.78, 5) is 4.34. The molecule has 0 bridgehead atoms. The van der Waals surface area contributed by atoms with E-state index in [1.54, 1.807) is 0 Å². The SMILES string of the molecule is CC(C)(C)[C@@](C)(O)C1=NCCC1. The third-order valence-electron chi connectivity index (χ3n) is 2.90. The lowest BCUT2D eigenvalue weighted by atomic mass is 9.74. The van der Waals surface area contributed by atoms with Crippen LogP contribution in [-0.2, 0) is 0 Å². The van der Waals surface area contributed by atoms with Gasteiger partial charge in [0.05, 0.1) is 0 Å². The molecule has 0 amide bonds. The third kappa shape index (κ3) is 1.53. The smallest absolute Gasteiger partial charge is 0.104 e. The predicted molar refractivity (Wildman–Crippen MR) is 51.6 cm³/mol. The molecule has 0 aromatic rings. The van der Waals surface area contributed by atoms with Gasteiger partial charge in [0.1, 0.15) is 5.60 Å². The molecule has 0 aromatic carbocycles. The Morgan fingerprint density at radius 3 is 2.17 bits per heavy atom. The number of rotatable bonds is 1. The molecule has 1 atom stereocenters. The quantitative estimate of drug-likeness (QED) is 0.640. The lowest BCUT2D eigenvalue weighted by Gasteiger charge is -2.37. The highest BCUT2D eigenvalue weighted by Gasteiger charge is 2.40. The van der Waals surface area contributed by atoms with Crippen LogP contribution in [0, 0.1) is 5.41 Å². The fourth-order valence-electron chi connectivity index (χ4n) is 1.37. The van der Waals surface area contributed by atoms with Crippen LogP contribution >= 0.6 is 0 Å². The molecule has 2 nitrogen and oxygen atoms in total. The minimum atomic E-state index is -0.733. The lowest BCUT2D eigenvalue weighted by Crippen LogP contribution is -2.46. The number of hydrogen-bond donors (Lipinski definition) is 1. The predicted octanol–water partition coefficient (Wildman–Crippen LogP) is 2.02. The highest BCUT2D eigenvalue weighted by molar-refractivity contribution is 5.93. The maximum absolute atomic E-state index is 10.2. The Kier molecular flexibility index (Phi) is 2.30. The zero-order valence-corrected chi connectivity index (χ0v) is 8.52. The maximum Gasteiger partial charge on any atom is 0.104 e. The minimum absolute atomic E-state index is 0.115. The second kappa shape index (κ2) is 2.84. The molecule has 0 fully saturated rings. The zero-order chi connectivity index (χ0) is 9.41. The largest absolute Gasteiger partial charge is 0.384 e. The molecule has 0 saturated carbocycles. The Hall–Kier alpha value is -0.370. The van der Waals surface area contributed by atoms with E-state index in [0.29, 0.717) is 0 Å². The average Bonchev–Trinajstić information content (AvgIpc) is 2.34. The van der Waals surface area contributed by atoms with Gasteiger partial charge in [-0.3, -0.25) is 4.99 Å². The zero-order valence-electron chi connectivity index (χ0n) is 8.52. The molecule has 0 aromatic heterocycles. The van der Waals surface area contributed by atoms with Crippen LogP contribution in [0.15, 0.2) is 4.99 Å². The number of hydrogen-bond acceptors (Lipinski definition) is 2. The van der Waals surface area contributed by atoms with E-state index in [9.17, 15) is 5.11 Å². The van der Waals surface area contributed by atoms with Gasteiger partial charge < -0.3 is 5.11 Å². The monoisotopic (exact) mass is 169 g/mol. The van der Waals surface area contributed by atoms with E-state index in [1.165, 1.54) is 0 Å². The Labute approximate surface area is 74.7 Å². The van der Waals surface area contributed by atoms with Crippen molar-refractivity contribution in [1.82, 2.24) is 0 Å². The molecule has 12 heavy (non-hydrogen) atoms. The molecular formula is C10H19NO. The van der Waals surface area contributed by atoms with Gasteiger partial charge in [-0.1, -0.05) is 20.8 Å². The van der Waals surface area contributed by atoms with Crippen molar-refractivity contribution in [2.24, 2.45) is 10.4 Å². The van der Waals surface area contributed by atoms with E-state index < -0.39 is 5.60 Å². The van der Waals surface area contributed by atoms with Crippen molar-refractivity contribution in [3.8, 4) is 0 Å². The van der Waals surface area contributed by atoms with E-state index in [0.717, 1.165) is 25.1 Å². The van der Waals surface area contributed by atoms with Gasteiger partial charge in [0, 0.05) is 12.3 Å². The molecule has 1 N–H and O–H groups in total. The van der Waals surface area contributed by atoms with Gasteiger partial charge in [0.2, 0.25) is 0 Å². The Balaban J connectivity index is 2.84. The first-order valence-electron chi connectivity index (χ1n) is 4.62. The van der Waals surface area contributed by atoms with Crippen molar-refractivity contribution in [1.29, 1.82) is 0 Å². The molecule has 0 unspecified atom stereocenters. The first-order chi connectivity index (χ1) is 5.36. The first kappa shape index (κ1) is 9.72. The molecule has 0 spiro atoms. The van der Waals surface area contributed by atoms with Crippen LogP contribution in [-0.4, -0.2) is 23.0 Å². The van der Waals surface area contributed by atoms with Crippen LogP contribution in [0.5, 0.6) is 0 Å². The number of aliphatic imine (C=N–C) groups is 1. The van der Waals surface area contributed by atoms with Gasteiger partial charge in [0.15, 0.2) is 0 Å². The van der Waals surface area contributed by atoms with Crippen molar-refractivity contribution in [3.05, 3.63) is 0 Å². The van der Waals surface area contributed by atoms with Crippen LogP contribution in [0.3, 0.4) is 0 Å². The summed E-state index contributed by atoms with van der Waals surface area (Å²) in [6, 6.07) is 0. The molecule has 2 heteroatoms. The summed E-state index contributed by atoms with van der Waals surface area (Å²) >= 11 is 0. The van der Waals surface area contributed by atoms with Crippen LogP contribution in [0.25, 0.3) is 0 Å². The summed E-state index contributed by atoms with van der Waals surface area (Å²) in [5, 5.41) is 10.2. The summed E-state index contributed by atoms with van der Waals surface area (Å²) < 4.78 is 0. The topological polar surface area (TPSA) is 32.6 Å². The van der Waals surface area contributed by atoms with Crippen molar-refractivity contribution in [3.63, 3.8) is 0 Å². The van der Waals surface area contributed by atoms with Crippen molar-refractivity contribution >= 4 is 5.71 Å². The highest BCUT2D eigenvalue weighted by atomic mass is 16.3. The Morgan fingerprint density at radius 2 is 1.83 bits per heavy atom. The van der Waals surface area contributed by atoms with E-state index >= 15 is 0 Å². The molecule has 0 aliphatic carbocycles. The maximum atomic E-state index is 10.2. The molecule has 0 saturated heterocycles. The van der Waals surface area contributed by atoms with Crippen molar-refractivity contribution < 1.29 is 5.11 Å². The fourth-order valence-corrected chi connectivity index (χ4v) is 1.37. The molecule has 1 heterocycles. The summed E-state index contributed by atoms with van der Waals surface area (Å²) in [6.45, 7) is 8.91. The fraction of sp³-hybridized carbons (Fsp3) is 0.900. The molecule has 1 aliphatic heterocycles. The van der Waals surface area contributed by atoms with Gasteiger partial charge in [-0.2, -0.15) is 0 Å². The lowest BCUT2D eigenvalue weighted by molar-refractivity contribution is 0.0213. The van der Waals surface area contributed by atoms with Crippen LogP contribution in [0.1, 0.15) is 40.5 Å². The van der Waals surface area contributed by atoms with Gasteiger partial charge in [-0.15, -0.1) is 0 Å². The first-order valence-corrected chi connectivity index (χ1v) is 4.62. The van der Waals surface area contributed by atoms with Crippen LogP contribution in [0.2, 0.25) is 0 Å². The summed E-state index contributed by atoms with van der Waals surface area (Å²) in [5.74, 6) is 0. The number of nitrogens with zero attached hydrogens (tertiary/aromatic N) is 1. The average molecular weight is 169 g/mol. The van der Waals surface area contributed by atoms with Crippen molar-refractivity contribution in [2.75, 3.05) is 6.54 Å². The minimum Gasteiger partial charge on any atom is -0.384 e. The number of aliphatic hydroxyl groups is 1. The highest BCUT2D eigenvalue weighted by Crippen LogP contribution is 2.33. The second-order valence-electron chi connectivity index (χ2n) is 4.75. The third-order valence-corrected chi connectivity index (χ3v) is 2.90. The Bertz CT molecular complexity index is 198. The van der Waals surface area contributed by atoms with Crippen LogP contribution in [0.4, 0.5) is 0 Å². The van der Waals surface area contributed by atoms with Crippen LogP contribution < -0.4 is 0 Å². The molecule has 1 rings (SSSR count). The molecule has 1 aliphatic rings.